The van der Waals surface area contributed by atoms with Crippen LogP contribution in [0.2, 0.25) is 0 Å². The van der Waals surface area contributed by atoms with Crippen molar-refractivity contribution in [2.45, 2.75) is 44.6 Å². The molecular formula is C23H25N3O3S. The summed E-state index contributed by atoms with van der Waals surface area (Å²) >= 11 is 0. The molecule has 0 aliphatic carbocycles. The van der Waals surface area contributed by atoms with E-state index < -0.39 is 9.84 Å². The summed E-state index contributed by atoms with van der Waals surface area (Å²) in [7, 11) is -3.24. The topological polar surface area (TPSA) is 81.1 Å². The van der Waals surface area contributed by atoms with Crippen molar-refractivity contribution in [1.29, 1.82) is 0 Å². The third kappa shape index (κ3) is 3.77. The molecule has 2 heterocycles. The molecule has 0 fully saturated rings. The predicted molar refractivity (Wildman–Crippen MR) is 117 cm³/mol. The number of aromatic nitrogens is 2. The van der Waals surface area contributed by atoms with Crippen LogP contribution in [0.3, 0.4) is 0 Å². The summed E-state index contributed by atoms with van der Waals surface area (Å²) in [6, 6.07) is 15.6. The number of carbonyl (C=O) groups excluding carboxylic acids is 1. The molecule has 3 aromatic rings. The third-order valence-electron chi connectivity index (χ3n) is 5.54. The van der Waals surface area contributed by atoms with Gasteiger partial charge in [-0.15, -0.1) is 0 Å². The summed E-state index contributed by atoms with van der Waals surface area (Å²) in [4.78, 5) is 13.2. The molecule has 1 aromatic heterocycles. The Morgan fingerprint density at radius 3 is 2.53 bits per heavy atom. The zero-order chi connectivity index (χ0) is 21.5. The van der Waals surface area contributed by atoms with Gasteiger partial charge in [-0.25, -0.2) is 13.1 Å². The molecular weight excluding hydrogens is 398 g/mol. The molecule has 1 aliphatic heterocycles. The molecule has 1 unspecified atom stereocenters. The van der Waals surface area contributed by atoms with Gasteiger partial charge in [0, 0.05) is 5.56 Å². The maximum atomic E-state index is 13.2. The molecule has 30 heavy (non-hydrogen) atoms. The van der Waals surface area contributed by atoms with E-state index in [0.717, 1.165) is 22.4 Å². The smallest absolute Gasteiger partial charge is 0.233 e. The van der Waals surface area contributed by atoms with Gasteiger partial charge in [0.15, 0.2) is 9.84 Å². The lowest BCUT2D eigenvalue weighted by Gasteiger charge is -2.18. The second kappa shape index (κ2) is 7.72. The van der Waals surface area contributed by atoms with Crippen LogP contribution in [0.25, 0.3) is 5.69 Å². The van der Waals surface area contributed by atoms with Crippen LogP contribution < -0.4 is 5.32 Å². The second-order valence-electron chi connectivity index (χ2n) is 7.87. The van der Waals surface area contributed by atoms with Gasteiger partial charge in [-0.1, -0.05) is 55.0 Å². The zero-order valence-corrected chi connectivity index (χ0v) is 18.2. The molecule has 6 nitrogen and oxygen atoms in total. The Bertz CT molecular complexity index is 1210. The summed E-state index contributed by atoms with van der Waals surface area (Å²) in [6.07, 6.45) is 0.633. The average Bonchev–Trinajstić information content (AvgIpc) is 3.16. The Hall–Kier alpha value is -2.93. The van der Waals surface area contributed by atoms with Gasteiger partial charge in [0.05, 0.1) is 28.8 Å². The van der Waals surface area contributed by atoms with Gasteiger partial charge in [-0.2, -0.15) is 5.10 Å². The van der Waals surface area contributed by atoms with E-state index >= 15 is 0 Å². The number of sulfone groups is 1. The number of amides is 1. The van der Waals surface area contributed by atoms with Crippen molar-refractivity contribution in [3.63, 3.8) is 0 Å². The number of benzene rings is 2. The highest BCUT2D eigenvalue weighted by atomic mass is 32.2. The van der Waals surface area contributed by atoms with Gasteiger partial charge in [-0.3, -0.25) is 4.79 Å². The van der Waals surface area contributed by atoms with Crippen molar-refractivity contribution < 1.29 is 13.2 Å². The molecule has 2 aromatic carbocycles. The molecule has 4 rings (SSSR count). The molecule has 0 bridgehead atoms. The first-order valence-corrected chi connectivity index (χ1v) is 11.9. The number of hydrogen-bond acceptors (Lipinski definition) is 4. The van der Waals surface area contributed by atoms with Crippen molar-refractivity contribution in [2.24, 2.45) is 0 Å². The first-order valence-electron chi connectivity index (χ1n) is 10.0. The Labute approximate surface area is 176 Å². The fraction of sp³-hybridized carbons (Fsp3) is 0.304. The summed E-state index contributed by atoms with van der Waals surface area (Å²) in [5.41, 5.74) is 4.99. The molecule has 0 spiro atoms. The highest BCUT2D eigenvalue weighted by Crippen LogP contribution is 2.34. The highest BCUT2D eigenvalue weighted by Gasteiger charge is 2.34. The lowest BCUT2D eigenvalue weighted by atomic mass is 9.95. The Balaban J connectivity index is 1.77. The fourth-order valence-corrected chi connectivity index (χ4v) is 5.54. The first-order chi connectivity index (χ1) is 14.3. The lowest BCUT2D eigenvalue weighted by molar-refractivity contribution is -0.117. The number of nitrogens with zero attached hydrogens (tertiary/aromatic N) is 2. The van der Waals surface area contributed by atoms with Crippen LogP contribution in [0.15, 0.2) is 48.5 Å². The molecule has 0 radical (unpaired) electrons. The Morgan fingerprint density at radius 1 is 1.13 bits per heavy atom. The molecule has 1 amide bonds. The van der Waals surface area contributed by atoms with Crippen molar-refractivity contribution >= 4 is 21.6 Å². The normalized spacial score (nSPS) is 15.6. The quantitative estimate of drug-likeness (QED) is 0.671. The van der Waals surface area contributed by atoms with Gasteiger partial charge in [0.1, 0.15) is 5.82 Å². The Kier molecular flexibility index (Phi) is 5.24. The van der Waals surface area contributed by atoms with E-state index in [4.69, 9.17) is 0 Å². The SMILES string of the molecule is CCC(C(=O)Nc1c2c(nn1-c1ccc(C)cc1C)CS(=O)(=O)C2)c1ccccc1. The molecule has 0 saturated heterocycles. The van der Waals surface area contributed by atoms with Gasteiger partial charge in [-0.05, 0) is 37.5 Å². The van der Waals surface area contributed by atoms with E-state index in [-0.39, 0.29) is 23.3 Å². The van der Waals surface area contributed by atoms with E-state index in [9.17, 15) is 13.2 Å². The molecule has 7 heteroatoms. The summed E-state index contributed by atoms with van der Waals surface area (Å²) in [5, 5.41) is 7.60. The summed E-state index contributed by atoms with van der Waals surface area (Å²) in [6.45, 7) is 5.96. The Morgan fingerprint density at radius 2 is 1.87 bits per heavy atom. The van der Waals surface area contributed by atoms with Gasteiger partial charge in [0.2, 0.25) is 5.91 Å². The van der Waals surface area contributed by atoms with E-state index in [2.05, 4.69) is 10.4 Å². The van der Waals surface area contributed by atoms with Gasteiger partial charge < -0.3 is 5.32 Å². The minimum absolute atomic E-state index is 0.0982. The predicted octanol–water partition coefficient (Wildman–Crippen LogP) is 4.05. The number of carbonyl (C=O) groups is 1. The molecule has 1 atom stereocenters. The van der Waals surface area contributed by atoms with Crippen LogP contribution in [-0.4, -0.2) is 24.1 Å². The number of nitrogens with one attached hydrogen (secondary N) is 1. The first kappa shape index (κ1) is 20.3. The van der Waals surface area contributed by atoms with E-state index in [1.165, 1.54) is 0 Å². The number of rotatable bonds is 5. The summed E-state index contributed by atoms with van der Waals surface area (Å²) in [5.74, 6) is -0.245. The minimum Gasteiger partial charge on any atom is -0.310 e. The number of hydrogen-bond donors (Lipinski definition) is 1. The fourth-order valence-electron chi connectivity index (χ4n) is 4.05. The van der Waals surface area contributed by atoms with Gasteiger partial charge in [0.25, 0.3) is 0 Å². The minimum atomic E-state index is -3.24. The van der Waals surface area contributed by atoms with Crippen LogP contribution in [0.1, 0.15) is 47.2 Å². The van der Waals surface area contributed by atoms with Crippen molar-refractivity contribution in [3.8, 4) is 5.69 Å². The molecule has 156 valence electrons. The van der Waals surface area contributed by atoms with E-state index in [1.54, 1.807) is 4.68 Å². The monoisotopic (exact) mass is 423 g/mol. The zero-order valence-electron chi connectivity index (χ0n) is 17.3. The molecule has 1 aliphatic rings. The van der Waals surface area contributed by atoms with E-state index in [1.807, 2.05) is 69.3 Å². The molecule has 0 saturated carbocycles. The van der Waals surface area contributed by atoms with Crippen LogP contribution in [0, 0.1) is 13.8 Å². The van der Waals surface area contributed by atoms with Crippen LogP contribution in [-0.2, 0) is 26.1 Å². The largest absolute Gasteiger partial charge is 0.310 e. The average molecular weight is 424 g/mol. The maximum absolute atomic E-state index is 13.2. The van der Waals surface area contributed by atoms with Crippen LogP contribution >= 0.6 is 0 Å². The van der Waals surface area contributed by atoms with Crippen molar-refractivity contribution in [2.75, 3.05) is 5.32 Å². The van der Waals surface area contributed by atoms with Gasteiger partial charge >= 0.3 is 0 Å². The number of fused-ring (bicyclic) bond motifs is 1. The second-order valence-corrected chi connectivity index (χ2v) is 9.93. The maximum Gasteiger partial charge on any atom is 0.233 e. The number of aryl methyl sites for hydroxylation is 2. The number of anilines is 1. The van der Waals surface area contributed by atoms with E-state index in [0.29, 0.717) is 23.5 Å². The van der Waals surface area contributed by atoms with Crippen LogP contribution in [0.5, 0.6) is 0 Å². The standard InChI is InChI=1S/C23H25N3O3S/c1-4-18(17-8-6-5-7-9-17)23(27)24-22-19-13-30(28,29)14-20(19)25-26(22)21-11-10-15(2)12-16(21)3/h5-12,18H,4,13-14H2,1-3H3,(H,24,27). The van der Waals surface area contributed by atoms with Crippen molar-refractivity contribution in [1.82, 2.24) is 9.78 Å². The van der Waals surface area contributed by atoms with Crippen LogP contribution in [0.4, 0.5) is 5.82 Å². The van der Waals surface area contributed by atoms with Crippen molar-refractivity contribution in [3.05, 3.63) is 76.5 Å². The lowest BCUT2D eigenvalue weighted by Crippen LogP contribution is -2.23. The summed E-state index contributed by atoms with van der Waals surface area (Å²) < 4.78 is 26.1. The molecule has 1 N–H and O–H groups in total. The third-order valence-corrected chi connectivity index (χ3v) is 6.98. The highest BCUT2D eigenvalue weighted by molar-refractivity contribution is 7.90.